The SMILES string of the molecule is Cn1nc(C(F)F)c(OC=O)c1C(F)(F)F. The van der Waals surface area contributed by atoms with Crippen molar-refractivity contribution in [3.05, 3.63) is 11.4 Å². The molecular formula is C7H5F5N2O2. The molecule has 0 radical (unpaired) electrons. The lowest BCUT2D eigenvalue weighted by Gasteiger charge is -2.08. The lowest BCUT2D eigenvalue weighted by molar-refractivity contribution is -0.145. The highest BCUT2D eigenvalue weighted by molar-refractivity contribution is 5.49. The van der Waals surface area contributed by atoms with E-state index in [4.69, 9.17) is 0 Å². The molecule has 16 heavy (non-hydrogen) atoms. The molecule has 0 aliphatic carbocycles. The summed E-state index contributed by atoms with van der Waals surface area (Å²) < 4.78 is 65.9. The van der Waals surface area contributed by atoms with E-state index in [0.29, 0.717) is 0 Å². The molecule has 0 saturated carbocycles. The van der Waals surface area contributed by atoms with E-state index in [1.54, 1.807) is 0 Å². The van der Waals surface area contributed by atoms with Crippen LogP contribution in [0, 0.1) is 0 Å². The Bertz CT molecular complexity index is 398. The first kappa shape index (κ1) is 12.4. The number of aromatic nitrogens is 2. The number of ether oxygens (including phenoxy) is 1. The van der Waals surface area contributed by atoms with Gasteiger partial charge in [-0.25, -0.2) is 8.78 Å². The number of nitrogens with zero attached hydrogens (tertiary/aromatic N) is 2. The maximum absolute atomic E-state index is 12.4. The molecule has 0 aliphatic rings. The molecule has 9 heteroatoms. The molecular weight excluding hydrogens is 239 g/mol. The van der Waals surface area contributed by atoms with Crippen molar-refractivity contribution in [3.63, 3.8) is 0 Å². The molecule has 4 nitrogen and oxygen atoms in total. The normalized spacial score (nSPS) is 11.9. The van der Waals surface area contributed by atoms with E-state index in [9.17, 15) is 26.7 Å². The number of alkyl halides is 5. The zero-order valence-electron chi connectivity index (χ0n) is 7.76. The number of carbonyl (C=O) groups excluding carboxylic acids is 1. The first-order chi connectivity index (χ1) is 7.29. The second-order valence-electron chi connectivity index (χ2n) is 2.70. The van der Waals surface area contributed by atoms with Crippen LogP contribution in [-0.2, 0) is 18.0 Å². The molecule has 1 heterocycles. The molecule has 0 bridgehead atoms. The van der Waals surface area contributed by atoms with Gasteiger partial charge >= 0.3 is 6.18 Å². The molecule has 90 valence electrons. The van der Waals surface area contributed by atoms with Crippen molar-refractivity contribution in [1.82, 2.24) is 9.78 Å². The number of halogens is 5. The highest BCUT2D eigenvalue weighted by Crippen LogP contribution is 2.40. The van der Waals surface area contributed by atoms with Crippen LogP contribution in [0.2, 0.25) is 0 Å². The van der Waals surface area contributed by atoms with Gasteiger partial charge in [-0.3, -0.25) is 9.48 Å². The van der Waals surface area contributed by atoms with Crippen molar-refractivity contribution in [3.8, 4) is 5.75 Å². The Morgan fingerprint density at radius 1 is 1.44 bits per heavy atom. The minimum Gasteiger partial charge on any atom is -0.424 e. The van der Waals surface area contributed by atoms with Crippen LogP contribution < -0.4 is 4.74 Å². The van der Waals surface area contributed by atoms with Crippen molar-refractivity contribution in [2.75, 3.05) is 0 Å². The molecule has 0 fully saturated rings. The van der Waals surface area contributed by atoms with E-state index in [1.807, 2.05) is 0 Å². The fraction of sp³-hybridized carbons (Fsp3) is 0.429. The first-order valence-corrected chi connectivity index (χ1v) is 3.81. The Labute approximate surface area is 85.6 Å². The average Bonchev–Trinajstić information content (AvgIpc) is 2.42. The summed E-state index contributed by atoms with van der Waals surface area (Å²) in [5, 5.41) is 2.96. The summed E-state index contributed by atoms with van der Waals surface area (Å²) in [4.78, 5) is 9.97. The van der Waals surface area contributed by atoms with E-state index in [2.05, 4.69) is 9.84 Å². The fourth-order valence-electron chi connectivity index (χ4n) is 1.14. The van der Waals surface area contributed by atoms with Gasteiger partial charge in [0.25, 0.3) is 12.9 Å². The van der Waals surface area contributed by atoms with E-state index >= 15 is 0 Å². The minimum atomic E-state index is -4.94. The van der Waals surface area contributed by atoms with Crippen LogP contribution in [0.5, 0.6) is 5.75 Å². The van der Waals surface area contributed by atoms with Crippen molar-refractivity contribution < 1.29 is 31.5 Å². The highest BCUT2D eigenvalue weighted by Gasteiger charge is 2.42. The third-order valence-corrected chi connectivity index (χ3v) is 1.67. The zero-order valence-corrected chi connectivity index (χ0v) is 7.76. The summed E-state index contributed by atoms with van der Waals surface area (Å²) in [6, 6.07) is 0. The number of aryl methyl sites for hydroxylation is 1. The predicted molar refractivity (Wildman–Crippen MR) is 39.9 cm³/mol. The van der Waals surface area contributed by atoms with Crippen LogP contribution in [0.15, 0.2) is 0 Å². The molecule has 0 saturated heterocycles. The molecule has 1 aromatic heterocycles. The Balaban J connectivity index is 3.41. The summed E-state index contributed by atoms with van der Waals surface area (Å²) in [5.74, 6) is -1.26. The molecule has 0 unspecified atom stereocenters. The van der Waals surface area contributed by atoms with Gasteiger partial charge in [-0.05, 0) is 0 Å². The van der Waals surface area contributed by atoms with Gasteiger partial charge in [0.1, 0.15) is 0 Å². The second kappa shape index (κ2) is 4.06. The standard InChI is InChI=1S/C7H5F5N2O2/c1-14-5(7(10,11)12)4(16-2-15)3(13-14)6(8)9/h2,6H,1H3. The number of carbonyl (C=O) groups is 1. The molecule has 0 aromatic carbocycles. The maximum Gasteiger partial charge on any atom is 0.436 e. The van der Waals surface area contributed by atoms with E-state index in [0.717, 1.165) is 7.05 Å². The van der Waals surface area contributed by atoms with Crippen LogP contribution in [-0.4, -0.2) is 16.3 Å². The third-order valence-electron chi connectivity index (χ3n) is 1.67. The summed E-state index contributed by atoms with van der Waals surface area (Å²) in [6.45, 7) is -0.363. The Hall–Kier alpha value is -1.67. The number of hydrogen-bond donors (Lipinski definition) is 0. The Morgan fingerprint density at radius 3 is 2.38 bits per heavy atom. The van der Waals surface area contributed by atoms with Gasteiger partial charge in [0.15, 0.2) is 17.1 Å². The van der Waals surface area contributed by atoms with E-state index in [1.165, 1.54) is 0 Å². The van der Waals surface area contributed by atoms with Gasteiger partial charge < -0.3 is 4.74 Å². The molecule has 0 atom stereocenters. The lowest BCUT2D eigenvalue weighted by atomic mass is 10.3. The van der Waals surface area contributed by atoms with Crippen LogP contribution in [0.3, 0.4) is 0 Å². The van der Waals surface area contributed by atoms with Crippen LogP contribution in [0.1, 0.15) is 17.8 Å². The summed E-state index contributed by atoms with van der Waals surface area (Å²) in [7, 11) is 0.826. The van der Waals surface area contributed by atoms with Crippen LogP contribution in [0.4, 0.5) is 22.0 Å². The minimum absolute atomic E-state index is 0.195. The highest BCUT2D eigenvalue weighted by atomic mass is 19.4. The number of hydrogen-bond acceptors (Lipinski definition) is 3. The van der Waals surface area contributed by atoms with Crippen LogP contribution in [0.25, 0.3) is 0 Å². The fourth-order valence-corrected chi connectivity index (χ4v) is 1.14. The molecule has 0 aliphatic heterocycles. The van der Waals surface area contributed by atoms with Crippen molar-refractivity contribution in [1.29, 1.82) is 0 Å². The van der Waals surface area contributed by atoms with Gasteiger partial charge in [0, 0.05) is 7.05 Å². The van der Waals surface area contributed by atoms with Crippen molar-refractivity contribution >= 4 is 6.47 Å². The van der Waals surface area contributed by atoms with Crippen LogP contribution >= 0.6 is 0 Å². The molecule has 0 amide bonds. The van der Waals surface area contributed by atoms with Gasteiger partial charge in [-0.15, -0.1) is 0 Å². The summed E-state index contributed by atoms with van der Waals surface area (Å²) in [6.07, 6.45) is -8.20. The second-order valence-corrected chi connectivity index (χ2v) is 2.70. The molecule has 0 N–H and O–H groups in total. The topological polar surface area (TPSA) is 44.1 Å². The molecule has 1 aromatic rings. The lowest BCUT2D eigenvalue weighted by Crippen LogP contribution is -2.13. The third kappa shape index (κ3) is 2.12. The average molecular weight is 244 g/mol. The van der Waals surface area contributed by atoms with E-state index in [-0.39, 0.29) is 11.2 Å². The largest absolute Gasteiger partial charge is 0.436 e. The van der Waals surface area contributed by atoms with Crippen molar-refractivity contribution in [2.45, 2.75) is 12.6 Å². The maximum atomic E-state index is 12.4. The molecule has 1 rings (SSSR count). The Kier molecular flexibility index (Phi) is 3.15. The first-order valence-electron chi connectivity index (χ1n) is 3.81. The smallest absolute Gasteiger partial charge is 0.424 e. The monoisotopic (exact) mass is 244 g/mol. The van der Waals surface area contributed by atoms with Gasteiger partial charge in [-0.1, -0.05) is 0 Å². The predicted octanol–water partition coefficient (Wildman–Crippen LogP) is 1.91. The summed E-state index contributed by atoms with van der Waals surface area (Å²) >= 11 is 0. The zero-order chi connectivity index (χ0) is 12.5. The van der Waals surface area contributed by atoms with Gasteiger partial charge in [0.05, 0.1) is 0 Å². The van der Waals surface area contributed by atoms with Gasteiger partial charge in [-0.2, -0.15) is 18.3 Å². The van der Waals surface area contributed by atoms with Crippen molar-refractivity contribution in [2.24, 2.45) is 7.05 Å². The quantitative estimate of drug-likeness (QED) is 0.602. The van der Waals surface area contributed by atoms with E-state index < -0.39 is 29.7 Å². The number of rotatable bonds is 3. The summed E-state index contributed by atoms with van der Waals surface area (Å²) in [5.41, 5.74) is -2.75. The van der Waals surface area contributed by atoms with Gasteiger partial charge in [0.2, 0.25) is 0 Å². The Morgan fingerprint density at radius 2 is 2.00 bits per heavy atom. The molecule has 0 spiro atoms.